The summed E-state index contributed by atoms with van der Waals surface area (Å²) in [4.78, 5) is 0. The molecule has 0 aliphatic heterocycles. The lowest BCUT2D eigenvalue weighted by atomic mass is 9.72. The van der Waals surface area contributed by atoms with Gasteiger partial charge >= 0.3 is 0 Å². The molecule has 1 aliphatic rings. The molecule has 0 nitrogen and oxygen atoms in total. The van der Waals surface area contributed by atoms with Gasteiger partial charge in [-0.3, -0.25) is 0 Å². The third-order valence-electron chi connectivity index (χ3n) is 3.61. The van der Waals surface area contributed by atoms with Gasteiger partial charge in [0.15, 0.2) is 0 Å². The summed E-state index contributed by atoms with van der Waals surface area (Å²) in [5, 5.41) is 0. The van der Waals surface area contributed by atoms with E-state index in [2.05, 4.69) is 58.1 Å². The fourth-order valence-electron chi connectivity index (χ4n) is 2.53. The molecular formula is C17H26. The van der Waals surface area contributed by atoms with E-state index < -0.39 is 0 Å². The van der Waals surface area contributed by atoms with Crippen LogP contribution in [-0.4, -0.2) is 0 Å². The third-order valence-corrected chi connectivity index (χ3v) is 3.61. The first-order chi connectivity index (χ1) is 7.97. The van der Waals surface area contributed by atoms with Gasteiger partial charge in [0.05, 0.1) is 0 Å². The van der Waals surface area contributed by atoms with Crippen LogP contribution in [0.4, 0.5) is 0 Å². The molecule has 0 amide bonds. The Balaban J connectivity index is 2.89. The maximum Gasteiger partial charge on any atom is -0.0104 e. The molecule has 0 heterocycles. The Labute approximate surface area is 107 Å². The zero-order valence-electron chi connectivity index (χ0n) is 12.0. The van der Waals surface area contributed by atoms with Gasteiger partial charge in [-0.15, -0.1) is 0 Å². The molecule has 0 unspecified atom stereocenters. The van der Waals surface area contributed by atoms with Crippen LogP contribution in [0.1, 0.15) is 53.9 Å². The first-order valence-electron chi connectivity index (χ1n) is 6.65. The van der Waals surface area contributed by atoms with E-state index in [0.717, 1.165) is 0 Å². The average molecular weight is 230 g/mol. The van der Waals surface area contributed by atoms with Crippen LogP contribution >= 0.6 is 0 Å². The average Bonchev–Trinajstić information content (AvgIpc) is 2.24. The third kappa shape index (κ3) is 4.03. The Bertz CT molecular complexity index is 373. The van der Waals surface area contributed by atoms with Gasteiger partial charge in [0, 0.05) is 0 Å². The zero-order valence-corrected chi connectivity index (χ0v) is 12.0. The van der Waals surface area contributed by atoms with Crippen molar-refractivity contribution >= 4 is 0 Å². The molecule has 0 aromatic rings. The summed E-state index contributed by atoms with van der Waals surface area (Å²) in [6, 6.07) is 0. The second-order valence-corrected chi connectivity index (χ2v) is 5.70. The predicted octanol–water partition coefficient (Wildman–Crippen LogP) is 5.59. The Hall–Kier alpha value is -1.04. The molecule has 0 heteroatoms. The molecule has 0 saturated carbocycles. The number of allylic oxidation sites excluding steroid dienone is 8. The van der Waals surface area contributed by atoms with E-state index in [1.807, 2.05) is 6.92 Å². The summed E-state index contributed by atoms with van der Waals surface area (Å²) in [6.45, 7) is 11.2. The van der Waals surface area contributed by atoms with Gasteiger partial charge in [-0.05, 0) is 51.0 Å². The normalized spacial score (nSPS) is 21.8. The van der Waals surface area contributed by atoms with Crippen molar-refractivity contribution in [3.8, 4) is 0 Å². The molecule has 0 bridgehead atoms. The van der Waals surface area contributed by atoms with E-state index in [9.17, 15) is 0 Å². The molecule has 17 heavy (non-hydrogen) atoms. The predicted molar refractivity (Wildman–Crippen MR) is 78.0 cm³/mol. The molecule has 0 N–H and O–H groups in total. The highest BCUT2D eigenvalue weighted by Gasteiger charge is 2.26. The van der Waals surface area contributed by atoms with Crippen LogP contribution in [0.15, 0.2) is 47.1 Å². The van der Waals surface area contributed by atoms with Crippen molar-refractivity contribution in [2.75, 3.05) is 0 Å². The van der Waals surface area contributed by atoms with E-state index >= 15 is 0 Å². The summed E-state index contributed by atoms with van der Waals surface area (Å²) < 4.78 is 0. The topological polar surface area (TPSA) is 0 Å². The van der Waals surface area contributed by atoms with Crippen LogP contribution in [0.3, 0.4) is 0 Å². The van der Waals surface area contributed by atoms with Crippen LogP contribution in [-0.2, 0) is 0 Å². The molecule has 1 rings (SSSR count). The first kappa shape index (κ1) is 14.0. The lowest BCUT2D eigenvalue weighted by molar-refractivity contribution is 0.377. The van der Waals surface area contributed by atoms with E-state index in [0.29, 0.717) is 5.41 Å². The van der Waals surface area contributed by atoms with Crippen molar-refractivity contribution in [1.29, 1.82) is 0 Å². The monoisotopic (exact) mass is 230 g/mol. The van der Waals surface area contributed by atoms with Crippen LogP contribution in [0.25, 0.3) is 0 Å². The summed E-state index contributed by atoms with van der Waals surface area (Å²) in [5.41, 5.74) is 4.76. The molecule has 0 spiro atoms. The standard InChI is InChI=1S/C17H26/c1-6-7-9-14(2)11-12-16-15(3)10-8-13-17(16,4)5/h6-7,9,11-12H,8,10,13H2,1-5H3/b7-6?,12-11+,14-9?. The quantitative estimate of drug-likeness (QED) is 0.554. The van der Waals surface area contributed by atoms with Crippen LogP contribution < -0.4 is 0 Å². The number of rotatable bonds is 3. The molecule has 0 fully saturated rings. The van der Waals surface area contributed by atoms with Gasteiger partial charge in [-0.1, -0.05) is 55.4 Å². The lowest BCUT2D eigenvalue weighted by Crippen LogP contribution is -2.19. The summed E-state index contributed by atoms with van der Waals surface area (Å²) in [6.07, 6.45) is 14.8. The van der Waals surface area contributed by atoms with Crippen molar-refractivity contribution < 1.29 is 0 Å². The van der Waals surface area contributed by atoms with Crippen LogP contribution in [0.5, 0.6) is 0 Å². The van der Waals surface area contributed by atoms with Gasteiger partial charge in [0.25, 0.3) is 0 Å². The van der Waals surface area contributed by atoms with Crippen LogP contribution in [0, 0.1) is 5.41 Å². The largest absolute Gasteiger partial charge is 0.0877 e. The fourth-order valence-corrected chi connectivity index (χ4v) is 2.53. The maximum atomic E-state index is 2.36. The minimum absolute atomic E-state index is 0.347. The van der Waals surface area contributed by atoms with Gasteiger partial charge in [0.2, 0.25) is 0 Å². The SMILES string of the molecule is CC=CC=C(C)/C=C/C1=C(C)CCCC1(C)C. The van der Waals surface area contributed by atoms with E-state index in [1.165, 1.54) is 30.4 Å². The summed E-state index contributed by atoms with van der Waals surface area (Å²) >= 11 is 0. The van der Waals surface area contributed by atoms with E-state index in [1.54, 1.807) is 5.57 Å². The van der Waals surface area contributed by atoms with Crippen molar-refractivity contribution in [2.45, 2.75) is 53.9 Å². The lowest BCUT2D eigenvalue weighted by Gasteiger charge is -2.32. The van der Waals surface area contributed by atoms with Crippen molar-refractivity contribution in [1.82, 2.24) is 0 Å². The molecule has 0 aromatic carbocycles. The maximum absolute atomic E-state index is 2.36. The van der Waals surface area contributed by atoms with Gasteiger partial charge in [-0.25, -0.2) is 0 Å². The van der Waals surface area contributed by atoms with Crippen molar-refractivity contribution in [3.63, 3.8) is 0 Å². The van der Waals surface area contributed by atoms with Crippen molar-refractivity contribution in [2.24, 2.45) is 5.41 Å². The minimum Gasteiger partial charge on any atom is -0.0877 e. The Morgan fingerprint density at radius 2 is 2.00 bits per heavy atom. The highest BCUT2D eigenvalue weighted by molar-refractivity contribution is 5.36. The highest BCUT2D eigenvalue weighted by atomic mass is 14.3. The Kier molecular flexibility index (Phi) is 4.99. The number of hydrogen-bond acceptors (Lipinski definition) is 0. The second kappa shape index (κ2) is 6.05. The van der Waals surface area contributed by atoms with Gasteiger partial charge in [0.1, 0.15) is 0 Å². The molecule has 0 aromatic heterocycles. The van der Waals surface area contributed by atoms with E-state index in [4.69, 9.17) is 0 Å². The smallest absolute Gasteiger partial charge is 0.0104 e. The zero-order chi connectivity index (χ0) is 12.9. The van der Waals surface area contributed by atoms with Crippen LogP contribution in [0.2, 0.25) is 0 Å². The van der Waals surface area contributed by atoms with Gasteiger partial charge < -0.3 is 0 Å². The molecule has 0 atom stereocenters. The highest BCUT2D eigenvalue weighted by Crippen LogP contribution is 2.40. The Morgan fingerprint density at radius 1 is 1.29 bits per heavy atom. The van der Waals surface area contributed by atoms with Crippen molar-refractivity contribution in [3.05, 3.63) is 47.1 Å². The van der Waals surface area contributed by atoms with E-state index in [-0.39, 0.29) is 0 Å². The molecule has 0 radical (unpaired) electrons. The molecular weight excluding hydrogens is 204 g/mol. The summed E-state index contributed by atoms with van der Waals surface area (Å²) in [7, 11) is 0. The minimum atomic E-state index is 0.347. The fraction of sp³-hybridized carbons (Fsp3) is 0.529. The Morgan fingerprint density at radius 3 is 2.59 bits per heavy atom. The molecule has 94 valence electrons. The second-order valence-electron chi connectivity index (χ2n) is 5.70. The molecule has 0 saturated heterocycles. The molecule has 1 aliphatic carbocycles. The first-order valence-corrected chi connectivity index (χ1v) is 6.65. The number of hydrogen-bond donors (Lipinski definition) is 0. The van der Waals surface area contributed by atoms with Gasteiger partial charge in [-0.2, -0.15) is 0 Å². The summed E-state index contributed by atoms with van der Waals surface area (Å²) in [5.74, 6) is 0.